The van der Waals surface area contributed by atoms with Gasteiger partial charge in [0.1, 0.15) is 0 Å². The molecule has 0 heterocycles. The maximum absolute atomic E-state index is 0. The summed E-state index contributed by atoms with van der Waals surface area (Å²) >= 11 is 0. The molecule has 0 aliphatic carbocycles. The summed E-state index contributed by atoms with van der Waals surface area (Å²) in [5.41, 5.74) is 0. The third-order valence-electron chi connectivity index (χ3n) is 0. The normalized spacial score (nSPS) is 0. The molecule has 0 aliphatic rings. The third-order valence-corrected chi connectivity index (χ3v) is 0. The Morgan fingerprint density at radius 2 is 0.667 bits per heavy atom. The molecule has 6 N–H and O–H groups in total. The molecule has 0 atom stereocenters. The predicted octanol–water partition coefficient (Wildman–Crippen LogP) is -2.39. The Labute approximate surface area is 65.9 Å². The Hall–Kier alpha value is 1.29. The van der Waals surface area contributed by atoms with Crippen molar-refractivity contribution in [3.63, 3.8) is 0 Å². The molecule has 0 spiro atoms. The van der Waals surface area contributed by atoms with Gasteiger partial charge < -0.3 is 21.9 Å². The van der Waals surface area contributed by atoms with Crippen molar-refractivity contribution in [1.82, 2.24) is 0 Å². The van der Waals surface area contributed by atoms with Crippen LogP contribution >= 0.6 is 0 Å². The molecule has 6 heteroatoms. The van der Waals surface area contributed by atoms with Crippen molar-refractivity contribution >= 4 is 23.1 Å². The van der Waals surface area contributed by atoms with Gasteiger partial charge in [-0.05, 0) is 0 Å². The average Bonchev–Trinajstić information content (AvgIpc) is 0. The quantitative estimate of drug-likeness (QED) is 0.459. The van der Waals surface area contributed by atoms with Crippen molar-refractivity contribution in [2.24, 2.45) is 0 Å². The minimum Gasteiger partial charge on any atom is -0.870 e. The van der Waals surface area contributed by atoms with Crippen molar-refractivity contribution in [2.45, 2.75) is 0 Å². The largest absolute Gasteiger partial charge is 2.00 e. The van der Waals surface area contributed by atoms with E-state index in [4.69, 9.17) is 0 Å². The Balaban J connectivity index is 0. The number of rotatable bonds is 0. The molecule has 6 heavy (non-hydrogen) atoms. The van der Waals surface area contributed by atoms with Crippen LogP contribution in [0.15, 0.2) is 0 Å². The summed E-state index contributed by atoms with van der Waals surface area (Å²) in [6.45, 7) is 0. The fourth-order valence-corrected chi connectivity index (χ4v) is 0. The zero-order chi connectivity index (χ0) is 0. The standard InChI is InChI=1S/Mg.4H2O.W/h;4*1H2;/q+2;;;;;/p-2. The zero-order valence-corrected chi connectivity index (χ0v) is 7.36. The van der Waals surface area contributed by atoms with Gasteiger partial charge in [-0.2, -0.15) is 0 Å². The first-order valence-electron chi connectivity index (χ1n) is 0. The van der Waals surface area contributed by atoms with Gasteiger partial charge >= 0.3 is 23.1 Å². The van der Waals surface area contributed by atoms with E-state index < -0.39 is 0 Å². The zero-order valence-electron chi connectivity index (χ0n) is 3.01. The Morgan fingerprint density at radius 1 is 0.667 bits per heavy atom. The van der Waals surface area contributed by atoms with Crippen LogP contribution in [-0.2, 0) is 21.1 Å². The van der Waals surface area contributed by atoms with Crippen LogP contribution in [-0.4, -0.2) is 45.0 Å². The van der Waals surface area contributed by atoms with Crippen LogP contribution in [0.3, 0.4) is 0 Å². The van der Waals surface area contributed by atoms with Crippen LogP contribution in [0.4, 0.5) is 0 Å². The molecule has 0 unspecified atom stereocenters. The second kappa shape index (κ2) is 105. The molecule has 0 bridgehead atoms. The molecular weight excluding hydrogens is 272 g/mol. The summed E-state index contributed by atoms with van der Waals surface area (Å²) in [5, 5.41) is 0. The molecular formula is H6MgO4W. The molecule has 0 amide bonds. The van der Waals surface area contributed by atoms with Crippen LogP contribution in [0, 0.1) is 0 Å². The van der Waals surface area contributed by atoms with E-state index in [1.165, 1.54) is 0 Å². The first-order chi connectivity index (χ1) is 0. The van der Waals surface area contributed by atoms with Crippen LogP contribution in [0.25, 0.3) is 0 Å². The fraction of sp³-hybridized carbons (Fsp3) is 0. The van der Waals surface area contributed by atoms with Crippen LogP contribution < -0.4 is 0 Å². The molecule has 0 saturated carbocycles. The average molecular weight is 278 g/mol. The summed E-state index contributed by atoms with van der Waals surface area (Å²) in [6, 6.07) is 0. The van der Waals surface area contributed by atoms with Crippen LogP contribution in [0.1, 0.15) is 0 Å². The van der Waals surface area contributed by atoms with Gasteiger partial charge in [-0.3, -0.25) is 0 Å². The molecule has 0 aromatic carbocycles. The number of hydrogen-bond acceptors (Lipinski definition) is 2. The maximum atomic E-state index is 0. The van der Waals surface area contributed by atoms with E-state index in [1.807, 2.05) is 0 Å². The van der Waals surface area contributed by atoms with Gasteiger partial charge in [-0.15, -0.1) is 0 Å². The summed E-state index contributed by atoms with van der Waals surface area (Å²) in [4.78, 5) is 0. The fourth-order valence-electron chi connectivity index (χ4n) is 0. The second-order valence-electron chi connectivity index (χ2n) is 0. The van der Waals surface area contributed by atoms with E-state index in [-0.39, 0.29) is 66.0 Å². The van der Waals surface area contributed by atoms with Gasteiger partial charge in [0.15, 0.2) is 0 Å². The molecule has 0 aliphatic heterocycles. The number of hydrogen-bond donors (Lipinski definition) is 0. The smallest absolute Gasteiger partial charge is 0.870 e. The van der Waals surface area contributed by atoms with Crippen molar-refractivity contribution in [1.29, 1.82) is 0 Å². The summed E-state index contributed by atoms with van der Waals surface area (Å²) in [6.07, 6.45) is 0. The maximum Gasteiger partial charge on any atom is 2.00 e. The summed E-state index contributed by atoms with van der Waals surface area (Å²) in [5.74, 6) is 0. The predicted molar refractivity (Wildman–Crippen MR) is 16.9 cm³/mol. The van der Waals surface area contributed by atoms with Gasteiger partial charge in [0, 0.05) is 21.1 Å². The van der Waals surface area contributed by atoms with Crippen LogP contribution in [0.2, 0.25) is 0 Å². The topological polar surface area (TPSA) is 123 Å². The Morgan fingerprint density at radius 3 is 0.667 bits per heavy atom. The van der Waals surface area contributed by atoms with E-state index in [0.717, 1.165) is 0 Å². The van der Waals surface area contributed by atoms with E-state index in [2.05, 4.69) is 0 Å². The first kappa shape index (κ1) is 172. The third kappa shape index (κ3) is 58.3. The first-order valence-corrected chi connectivity index (χ1v) is 0. The molecule has 0 radical (unpaired) electrons. The summed E-state index contributed by atoms with van der Waals surface area (Å²) in [7, 11) is 0. The van der Waals surface area contributed by atoms with E-state index in [1.54, 1.807) is 0 Å². The van der Waals surface area contributed by atoms with Crippen molar-refractivity contribution in [3.05, 3.63) is 0 Å². The van der Waals surface area contributed by atoms with E-state index in [9.17, 15) is 0 Å². The molecule has 0 aromatic heterocycles. The van der Waals surface area contributed by atoms with Gasteiger partial charge in [0.25, 0.3) is 0 Å². The second-order valence-corrected chi connectivity index (χ2v) is 0. The van der Waals surface area contributed by atoms with Gasteiger partial charge in [-0.25, -0.2) is 0 Å². The van der Waals surface area contributed by atoms with E-state index in [0.29, 0.717) is 0 Å². The van der Waals surface area contributed by atoms with Crippen LogP contribution in [0.5, 0.6) is 0 Å². The van der Waals surface area contributed by atoms with Crippen molar-refractivity contribution in [2.75, 3.05) is 0 Å². The van der Waals surface area contributed by atoms with Gasteiger partial charge in [0.2, 0.25) is 0 Å². The Kier molecular flexibility index (Phi) is 3030. The molecule has 0 fully saturated rings. The molecule has 38 valence electrons. The minimum absolute atomic E-state index is 0. The minimum atomic E-state index is 0. The van der Waals surface area contributed by atoms with Crippen molar-refractivity contribution in [3.8, 4) is 0 Å². The molecule has 0 rings (SSSR count). The summed E-state index contributed by atoms with van der Waals surface area (Å²) < 4.78 is 0. The molecule has 0 saturated heterocycles. The molecule has 4 nitrogen and oxygen atoms in total. The monoisotopic (exact) mass is 278 g/mol. The van der Waals surface area contributed by atoms with Gasteiger partial charge in [0.05, 0.1) is 0 Å². The van der Waals surface area contributed by atoms with Crippen molar-refractivity contribution < 1.29 is 43.0 Å². The molecule has 0 aromatic rings. The van der Waals surface area contributed by atoms with E-state index >= 15 is 0 Å². The SMILES string of the molecule is O.O.[Mg+2].[OH-].[OH-].[W]. The Bertz CT molecular complexity index is 7.51. The van der Waals surface area contributed by atoms with Gasteiger partial charge in [-0.1, -0.05) is 0 Å².